The van der Waals surface area contributed by atoms with Crippen molar-refractivity contribution in [3.05, 3.63) is 71.3 Å². The van der Waals surface area contributed by atoms with Gasteiger partial charge in [0.1, 0.15) is 18.2 Å². The number of hydrogen-bond acceptors (Lipinski definition) is 2. The smallest absolute Gasteiger partial charge is 0.248 e. The maximum absolute atomic E-state index is 13.5. The summed E-state index contributed by atoms with van der Waals surface area (Å²) in [6.07, 6.45) is 0. The minimum Gasteiger partial charge on any atom is -0.367 e. The average Bonchev–Trinajstić information content (AvgIpc) is 2.51. The Kier molecular flexibility index (Phi) is 5.61. The molecular weight excluding hydrogens is 288 g/mol. The van der Waals surface area contributed by atoms with Gasteiger partial charge >= 0.3 is 0 Å². The normalized spacial score (nSPS) is 10.5. The molecule has 0 heterocycles. The lowest BCUT2D eigenvalue weighted by Crippen LogP contribution is -2.30. The van der Waals surface area contributed by atoms with Crippen LogP contribution in [-0.4, -0.2) is 24.5 Å². The Hall–Kier alpha value is -2.27. The maximum atomic E-state index is 13.5. The number of benzene rings is 2. The number of amides is 1. The number of halogens is 2. The van der Waals surface area contributed by atoms with Crippen LogP contribution >= 0.6 is 0 Å². The molecule has 0 unspecified atom stereocenters. The fourth-order valence-corrected chi connectivity index (χ4v) is 1.93. The molecule has 0 spiro atoms. The third-order valence-corrected chi connectivity index (χ3v) is 3.19. The molecule has 22 heavy (non-hydrogen) atoms. The second-order valence-electron chi connectivity index (χ2n) is 4.96. The van der Waals surface area contributed by atoms with E-state index in [1.54, 1.807) is 7.05 Å². The second kappa shape index (κ2) is 7.66. The molecule has 2 rings (SSSR count). The highest BCUT2D eigenvalue weighted by Crippen LogP contribution is 2.11. The highest BCUT2D eigenvalue weighted by atomic mass is 19.1. The molecule has 0 aliphatic rings. The molecule has 0 bridgehead atoms. The van der Waals surface area contributed by atoms with Crippen molar-refractivity contribution in [2.45, 2.75) is 13.2 Å². The van der Waals surface area contributed by atoms with Crippen molar-refractivity contribution in [1.82, 2.24) is 4.90 Å². The summed E-state index contributed by atoms with van der Waals surface area (Å²) >= 11 is 0. The van der Waals surface area contributed by atoms with Crippen molar-refractivity contribution in [3.63, 3.8) is 0 Å². The van der Waals surface area contributed by atoms with Crippen LogP contribution in [0, 0.1) is 11.6 Å². The molecule has 0 saturated carbocycles. The molecule has 3 nitrogen and oxygen atoms in total. The van der Waals surface area contributed by atoms with Gasteiger partial charge in [-0.25, -0.2) is 8.78 Å². The molecule has 0 N–H and O–H groups in total. The van der Waals surface area contributed by atoms with Crippen molar-refractivity contribution in [2.24, 2.45) is 0 Å². The van der Waals surface area contributed by atoms with Crippen LogP contribution in [0.15, 0.2) is 48.5 Å². The Balaban J connectivity index is 1.82. The lowest BCUT2D eigenvalue weighted by Gasteiger charge is -2.17. The monoisotopic (exact) mass is 305 g/mol. The molecule has 0 saturated heterocycles. The van der Waals surface area contributed by atoms with Gasteiger partial charge in [0, 0.05) is 25.2 Å². The topological polar surface area (TPSA) is 29.5 Å². The molecule has 0 aliphatic carbocycles. The van der Waals surface area contributed by atoms with Gasteiger partial charge in [0.05, 0.1) is 6.61 Å². The Morgan fingerprint density at radius 1 is 1.14 bits per heavy atom. The summed E-state index contributed by atoms with van der Waals surface area (Å²) in [6.45, 7) is 0.319. The van der Waals surface area contributed by atoms with Gasteiger partial charge in [0.2, 0.25) is 5.91 Å². The number of likely N-dealkylation sites (N-methyl/N-ethyl adjacent to an activating group) is 1. The van der Waals surface area contributed by atoms with Gasteiger partial charge in [-0.05, 0) is 11.6 Å². The second-order valence-corrected chi connectivity index (χ2v) is 4.96. The zero-order valence-corrected chi connectivity index (χ0v) is 12.3. The molecule has 0 radical (unpaired) electrons. The van der Waals surface area contributed by atoms with Crippen LogP contribution in [0.4, 0.5) is 8.78 Å². The molecule has 0 fully saturated rings. The predicted octanol–water partition coefficient (Wildman–Crippen LogP) is 3.14. The molecule has 0 atom stereocenters. The highest BCUT2D eigenvalue weighted by Gasteiger charge is 2.12. The van der Waals surface area contributed by atoms with Gasteiger partial charge in [-0.3, -0.25) is 4.79 Å². The molecular formula is C17H17F2NO2. The van der Waals surface area contributed by atoms with Gasteiger partial charge in [-0.15, -0.1) is 0 Å². The van der Waals surface area contributed by atoms with E-state index >= 15 is 0 Å². The summed E-state index contributed by atoms with van der Waals surface area (Å²) in [7, 11) is 1.55. The van der Waals surface area contributed by atoms with Crippen molar-refractivity contribution in [1.29, 1.82) is 0 Å². The van der Waals surface area contributed by atoms with Gasteiger partial charge < -0.3 is 9.64 Å². The number of rotatable bonds is 6. The minimum atomic E-state index is -0.662. The zero-order valence-electron chi connectivity index (χ0n) is 12.3. The summed E-state index contributed by atoms with van der Waals surface area (Å²) in [5.41, 5.74) is 1.24. The van der Waals surface area contributed by atoms with E-state index in [2.05, 4.69) is 0 Å². The first kappa shape index (κ1) is 16.1. The number of ether oxygens (including phenoxy) is 1. The quantitative estimate of drug-likeness (QED) is 0.820. The summed E-state index contributed by atoms with van der Waals surface area (Å²) in [4.78, 5) is 13.3. The minimum absolute atomic E-state index is 0.0691. The third-order valence-electron chi connectivity index (χ3n) is 3.19. The first-order valence-corrected chi connectivity index (χ1v) is 6.86. The lowest BCUT2D eigenvalue weighted by molar-refractivity contribution is -0.135. The van der Waals surface area contributed by atoms with Crippen LogP contribution in [0.5, 0.6) is 0 Å². The van der Waals surface area contributed by atoms with Crippen molar-refractivity contribution < 1.29 is 18.3 Å². The van der Waals surface area contributed by atoms with Gasteiger partial charge in [-0.1, -0.05) is 36.4 Å². The lowest BCUT2D eigenvalue weighted by atomic mass is 10.2. The van der Waals surface area contributed by atoms with E-state index in [1.807, 2.05) is 30.3 Å². The van der Waals surface area contributed by atoms with Crippen molar-refractivity contribution in [3.8, 4) is 0 Å². The first-order chi connectivity index (χ1) is 10.6. The highest BCUT2D eigenvalue weighted by molar-refractivity contribution is 5.77. The largest absolute Gasteiger partial charge is 0.367 e. The number of carbonyl (C=O) groups excluding carboxylic acids is 1. The molecule has 5 heteroatoms. The number of carbonyl (C=O) groups is 1. The van der Waals surface area contributed by atoms with E-state index in [-0.39, 0.29) is 24.6 Å². The number of hydrogen-bond donors (Lipinski definition) is 0. The van der Waals surface area contributed by atoms with Crippen LogP contribution in [0.3, 0.4) is 0 Å². The average molecular weight is 305 g/mol. The maximum Gasteiger partial charge on any atom is 0.248 e. The van der Waals surface area contributed by atoms with E-state index in [4.69, 9.17) is 4.74 Å². The molecule has 0 aliphatic heterocycles. The summed E-state index contributed by atoms with van der Waals surface area (Å²) < 4.78 is 31.7. The Bertz CT molecular complexity index is 632. The summed E-state index contributed by atoms with van der Waals surface area (Å²) in [6, 6.07) is 12.8. The van der Waals surface area contributed by atoms with Crippen LogP contribution in [0.2, 0.25) is 0 Å². The van der Waals surface area contributed by atoms with Gasteiger partial charge in [0.25, 0.3) is 0 Å². The zero-order chi connectivity index (χ0) is 15.9. The van der Waals surface area contributed by atoms with E-state index in [0.717, 1.165) is 11.6 Å². The predicted molar refractivity (Wildman–Crippen MR) is 78.9 cm³/mol. The van der Waals surface area contributed by atoms with E-state index in [9.17, 15) is 13.6 Å². The van der Waals surface area contributed by atoms with Crippen LogP contribution < -0.4 is 0 Å². The molecule has 1 amide bonds. The van der Waals surface area contributed by atoms with Crippen LogP contribution in [0.1, 0.15) is 11.1 Å². The molecule has 116 valence electrons. The van der Waals surface area contributed by atoms with Gasteiger partial charge in [0.15, 0.2) is 0 Å². The Morgan fingerprint density at radius 3 is 2.55 bits per heavy atom. The van der Waals surface area contributed by atoms with Crippen LogP contribution in [-0.2, 0) is 22.7 Å². The first-order valence-electron chi connectivity index (χ1n) is 6.86. The third kappa shape index (κ3) is 4.63. The summed E-state index contributed by atoms with van der Waals surface area (Å²) in [5.74, 6) is -1.56. The van der Waals surface area contributed by atoms with Gasteiger partial charge in [-0.2, -0.15) is 0 Å². The fourth-order valence-electron chi connectivity index (χ4n) is 1.93. The Morgan fingerprint density at radius 2 is 1.86 bits per heavy atom. The molecule has 2 aromatic rings. The summed E-state index contributed by atoms with van der Waals surface area (Å²) in [5, 5.41) is 0. The molecule has 0 aromatic heterocycles. The van der Waals surface area contributed by atoms with Crippen molar-refractivity contribution >= 4 is 5.91 Å². The number of nitrogens with zero attached hydrogens (tertiary/aromatic N) is 1. The van der Waals surface area contributed by atoms with E-state index < -0.39 is 11.6 Å². The van der Waals surface area contributed by atoms with Crippen molar-refractivity contribution in [2.75, 3.05) is 13.7 Å². The fraction of sp³-hybridized carbons (Fsp3) is 0.235. The molecule has 2 aromatic carbocycles. The Labute approximate surface area is 128 Å². The SMILES string of the molecule is CN(Cc1ccc(F)cc1F)C(=O)COCc1ccccc1. The van der Waals surface area contributed by atoms with E-state index in [0.29, 0.717) is 6.61 Å². The van der Waals surface area contributed by atoms with E-state index in [1.165, 1.54) is 17.0 Å². The standard InChI is InChI=1S/C17H17F2NO2/c1-20(10-14-7-8-15(18)9-16(14)19)17(21)12-22-11-13-5-3-2-4-6-13/h2-9H,10-12H2,1H3. The van der Waals surface area contributed by atoms with Crippen LogP contribution in [0.25, 0.3) is 0 Å².